The summed E-state index contributed by atoms with van der Waals surface area (Å²) in [4.78, 5) is 13.1. The van der Waals surface area contributed by atoms with Gasteiger partial charge in [-0.05, 0) is 24.5 Å². The summed E-state index contributed by atoms with van der Waals surface area (Å²) in [5, 5.41) is 9.29. The number of alkyl halides is 3. The van der Waals surface area contributed by atoms with Gasteiger partial charge in [-0.15, -0.1) is 0 Å². The zero-order valence-electron chi connectivity index (χ0n) is 19.0. The Bertz CT molecular complexity index is 880. The molecule has 0 amide bonds. The summed E-state index contributed by atoms with van der Waals surface area (Å²) in [6.45, 7) is 2.65. The maximum atomic E-state index is 13.3. The van der Waals surface area contributed by atoms with Gasteiger partial charge in [0, 0.05) is 25.7 Å². The van der Waals surface area contributed by atoms with Gasteiger partial charge < -0.3 is 31.2 Å². The van der Waals surface area contributed by atoms with Gasteiger partial charge in [0.2, 0.25) is 17.8 Å². The molecule has 9 nitrogen and oxygen atoms in total. The number of halogens is 3. The van der Waals surface area contributed by atoms with Crippen LogP contribution in [0.25, 0.3) is 0 Å². The molecule has 0 spiro atoms. The number of hydrogen-bond acceptors (Lipinski definition) is 9. The minimum absolute atomic E-state index is 0.0755. The average Bonchev–Trinajstić information content (AvgIpc) is 3.32. The zero-order valence-corrected chi connectivity index (χ0v) is 19.0. The Kier molecular flexibility index (Phi) is 10.1. The molecule has 188 valence electrons. The quantitative estimate of drug-likeness (QED) is 0.300. The van der Waals surface area contributed by atoms with Crippen LogP contribution in [0, 0.1) is 0 Å². The third-order valence-electron chi connectivity index (χ3n) is 5.25. The predicted molar refractivity (Wildman–Crippen MR) is 124 cm³/mol. The van der Waals surface area contributed by atoms with E-state index in [2.05, 4.69) is 30.9 Å². The summed E-state index contributed by atoms with van der Waals surface area (Å²) < 4.78 is 50.6. The SMILES string of the molecule is NCCOCCOCCNc1nc(NCc2ccccc2C(F)(F)F)nc(NC2CCCC2)n1. The van der Waals surface area contributed by atoms with Crippen LogP contribution in [0.5, 0.6) is 0 Å². The van der Waals surface area contributed by atoms with Crippen molar-refractivity contribution in [3.05, 3.63) is 35.4 Å². The monoisotopic (exact) mass is 483 g/mol. The van der Waals surface area contributed by atoms with Crippen molar-refractivity contribution in [3.8, 4) is 0 Å². The summed E-state index contributed by atoms with van der Waals surface area (Å²) in [6.07, 6.45) is -0.111. The minimum Gasteiger partial charge on any atom is -0.378 e. The first kappa shape index (κ1) is 25.9. The molecule has 2 aromatic rings. The second-order valence-corrected chi connectivity index (χ2v) is 7.88. The highest BCUT2D eigenvalue weighted by Gasteiger charge is 2.32. The van der Waals surface area contributed by atoms with Crippen molar-refractivity contribution in [2.75, 3.05) is 55.5 Å². The van der Waals surface area contributed by atoms with Crippen LogP contribution in [-0.4, -0.2) is 60.5 Å². The van der Waals surface area contributed by atoms with E-state index in [0.29, 0.717) is 51.4 Å². The van der Waals surface area contributed by atoms with Crippen LogP contribution in [0.1, 0.15) is 36.8 Å². The first-order valence-corrected chi connectivity index (χ1v) is 11.5. The van der Waals surface area contributed by atoms with E-state index in [1.54, 1.807) is 6.07 Å². The van der Waals surface area contributed by atoms with E-state index in [1.807, 2.05) is 0 Å². The lowest BCUT2D eigenvalue weighted by molar-refractivity contribution is -0.138. The second-order valence-electron chi connectivity index (χ2n) is 7.88. The van der Waals surface area contributed by atoms with Crippen molar-refractivity contribution in [1.82, 2.24) is 15.0 Å². The van der Waals surface area contributed by atoms with Gasteiger partial charge in [-0.2, -0.15) is 28.1 Å². The fourth-order valence-corrected chi connectivity index (χ4v) is 3.62. The van der Waals surface area contributed by atoms with E-state index in [0.717, 1.165) is 31.7 Å². The van der Waals surface area contributed by atoms with Crippen LogP contribution in [0.4, 0.5) is 31.0 Å². The Morgan fingerprint density at radius 3 is 2.24 bits per heavy atom. The Hall–Kier alpha value is -2.70. The molecule has 1 aromatic carbocycles. The van der Waals surface area contributed by atoms with Gasteiger partial charge in [0.05, 0.1) is 32.0 Å². The van der Waals surface area contributed by atoms with Crippen LogP contribution in [0.2, 0.25) is 0 Å². The highest BCUT2D eigenvalue weighted by Crippen LogP contribution is 2.32. The minimum atomic E-state index is -4.44. The van der Waals surface area contributed by atoms with E-state index >= 15 is 0 Å². The largest absolute Gasteiger partial charge is 0.416 e. The Balaban J connectivity index is 1.61. The van der Waals surface area contributed by atoms with E-state index < -0.39 is 11.7 Å². The van der Waals surface area contributed by atoms with Crippen LogP contribution in [0.3, 0.4) is 0 Å². The molecule has 1 saturated carbocycles. The molecule has 1 fully saturated rings. The lowest BCUT2D eigenvalue weighted by Gasteiger charge is -2.16. The van der Waals surface area contributed by atoms with E-state index in [1.165, 1.54) is 12.1 Å². The number of ether oxygens (including phenoxy) is 2. The number of aromatic nitrogens is 3. The van der Waals surface area contributed by atoms with E-state index in [9.17, 15) is 13.2 Å². The molecule has 5 N–H and O–H groups in total. The molecule has 1 aliphatic carbocycles. The molecule has 0 aliphatic heterocycles. The number of anilines is 3. The van der Waals surface area contributed by atoms with E-state index in [4.69, 9.17) is 15.2 Å². The van der Waals surface area contributed by atoms with Crippen molar-refractivity contribution >= 4 is 17.8 Å². The lowest BCUT2D eigenvalue weighted by atomic mass is 10.1. The molecule has 0 radical (unpaired) electrons. The molecular formula is C22H32F3N7O2. The van der Waals surface area contributed by atoms with Crippen LogP contribution < -0.4 is 21.7 Å². The zero-order chi connectivity index (χ0) is 24.2. The molecule has 0 atom stereocenters. The molecule has 0 saturated heterocycles. The Labute approximate surface area is 197 Å². The van der Waals surface area contributed by atoms with Crippen molar-refractivity contribution in [3.63, 3.8) is 0 Å². The first-order valence-electron chi connectivity index (χ1n) is 11.5. The van der Waals surface area contributed by atoms with Crippen LogP contribution >= 0.6 is 0 Å². The van der Waals surface area contributed by atoms with E-state index in [-0.39, 0.29) is 24.1 Å². The summed E-state index contributed by atoms with van der Waals surface area (Å²) in [6, 6.07) is 5.70. The van der Waals surface area contributed by atoms with Crippen molar-refractivity contribution in [2.45, 2.75) is 44.4 Å². The number of nitrogens with two attached hydrogens (primary N) is 1. The molecule has 34 heavy (non-hydrogen) atoms. The lowest BCUT2D eigenvalue weighted by Crippen LogP contribution is -2.20. The third kappa shape index (κ3) is 8.58. The standard InChI is InChI=1S/C22H32F3N7O2/c23-22(24,25)18-8-4-1-5-16(18)15-28-20-30-19(27-10-12-34-14-13-33-11-9-26)31-21(32-20)29-17-6-2-3-7-17/h1,4-5,8,17H,2-3,6-7,9-15,26H2,(H3,27,28,29,30,31,32). The number of benzene rings is 1. The molecule has 0 unspecified atom stereocenters. The van der Waals surface area contributed by atoms with Crippen molar-refractivity contribution in [1.29, 1.82) is 0 Å². The normalized spacial score (nSPS) is 14.4. The molecule has 1 aliphatic rings. The molecule has 3 rings (SSSR count). The number of rotatable bonds is 14. The number of hydrogen-bond donors (Lipinski definition) is 4. The third-order valence-corrected chi connectivity index (χ3v) is 5.25. The summed E-state index contributed by atoms with van der Waals surface area (Å²) >= 11 is 0. The van der Waals surface area contributed by atoms with Gasteiger partial charge in [0.1, 0.15) is 0 Å². The highest BCUT2D eigenvalue weighted by atomic mass is 19.4. The van der Waals surface area contributed by atoms with Crippen molar-refractivity contribution in [2.24, 2.45) is 5.73 Å². The highest BCUT2D eigenvalue weighted by molar-refractivity contribution is 5.43. The fourth-order valence-electron chi connectivity index (χ4n) is 3.62. The summed E-state index contributed by atoms with van der Waals surface area (Å²) in [5.41, 5.74) is 4.78. The van der Waals surface area contributed by atoms with Crippen molar-refractivity contribution < 1.29 is 22.6 Å². The van der Waals surface area contributed by atoms with Gasteiger partial charge in [-0.3, -0.25) is 0 Å². The maximum Gasteiger partial charge on any atom is 0.416 e. The summed E-state index contributed by atoms with van der Waals surface area (Å²) in [5.74, 6) is 0.878. The maximum absolute atomic E-state index is 13.3. The van der Waals surface area contributed by atoms with Crippen LogP contribution in [-0.2, 0) is 22.2 Å². The van der Waals surface area contributed by atoms with Gasteiger partial charge >= 0.3 is 6.18 Å². The Morgan fingerprint density at radius 2 is 1.53 bits per heavy atom. The van der Waals surface area contributed by atoms with Crippen LogP contribution in [0.15, 0.2) is 24.3 Å². The molecule has 1 aromatic heterocycles. The number of nitrogens with one attached hydrogen (secondary N) is 3. The molecular weight excluding hydrogens is 451 g/mol. The second kappa shape index (κ2) is 13.3. The van der Waals surface area contributed by atoms with Gasteiger partial charge in [-0.25, -0.2) is 0 Å². The van der Waals surface area contributed by atoms with Gasteiger partial charge in [0.25, 0.3) is 0 Å². The van der Waals surface area contributed by atoms with Gasteiger partial charge in [0.15, 0.2) is 0 Å². The topological polar surface area (TPSA) is 119 Å². The Morgan fingerprint density at radius 1 is 0.882 bits per heavy atom. The molecule has 1 heterocycles. The predicted octanol–water partition coefficient (Wildman–Crippen LogP) is 3.26. The number of nitrogens with zero attached hydrogens (tertiary/aromatic N) is 3. The van der Waals surface area contributed by atoms with Gasteiger partial charge in [-0.1, -0.05) is 31.0 Å². The fraction of sp³-hybridized carbons (Fsp3) is 0.591. The first-order chi connectivity index (χ1) is 16.5. The smallest absolute Gasteiger partial charge is 0.378 e. The summed E-state index contributed by atoms with van der Waals surface area (Å²) in [7, 11) is 0. The molecule has 12 heteroatoms. The average molecular weight is 484 g/mol. The molecule has 0 bridgehead atoms.